The quantitative estimate of drug-likeness (QED) is 0.756. The zero-order valence-corrected chi connectivity index (χ0v) is 16.2. The van der Waals surface area contributed by atoms with Crippen molar-refractivity contribution in [3.63, 3.8) is 0 Å². The highest BCUT2D eigenvalue weighted by Crippen LogP contribution is 2.41. The SMILES string of the molecule is Cc1nonc1CC(=O)N1C[C@H]2C[C@@H](C1)[C@H](C(=O)N(C)C)n1c2cccc1=O. The molecule has 0 unspecified atom stereocenters. The highest BCUT2D eigenvalue weighted by molar-refractivity contribution is 5.82. The van der Waals surface area contributed by atoms with Crippen molar-refractivity contribution in [2.75, 3.05) is 27.2 Å². The Morgan fingerprint density at radius 3 is 2.71 bits per heavy atom. The summed E-state index contributed by atoms with van der Waals surface area (Å²) in [6.07, 6.45) is 0.894. The molecular formula is C19H23N5O4. The number of hydrogen-bond acceptors (Lipinski definition) is 6. The molecule has 1 fully saturated rings. The van der Waals surface area contributed by atoms with Gasteiger partial charge in [0, 0.05) is 50.8 Å². The largest absolute Gasteiger partial charge is 0.347 e. The molecule has 0 saturated carbocycles. The van der Waals surface area contributed by atoms with E-state index >= 15 is 0 Å². The van der Waals surface area contributed by atoms with Crippen LogP contribution >= 0.6 is 0 Å². The number of likely N-dealkylation sites (tertiary alicyclic amines) is 1. The molecular weight excluding hydrogens is 362 g/mol. The lowest BCUT2D eigenvalue weighted by Crippen LogP contribution is -2.54. The summed E-state index contributed by atoms with van der Waals surface area (Å²) in [6, 6.07) is 4.50. The second kappa shape index (κ2) is 6.88. The Morgan fingerprint density at radius 2 is 2.04 bits per heavy atom. The molecule has 0 aromatic carbocycles. The van der Waals surface area contributed by atoms with Crippen LogP contribution in [0.5, 0.6) is 0 Å². The lowest BCUT2D eigenvalue weighted by molar-refractivity contribution is -0.140. The third-order valence-corrected chi connectivity index (χ3v) is 5.76. The fourth-order valence-corrected chi connectivity index (χ4v) is 4.38. The molecule has 2 aromatic heterocycles. The van der Waals surface area contributed by atoms with Crippen LogP contribution in [0.3, 0.4) is 0 Å². The first-order valence-corrected chi connectivity index (χ1v) is 9.35. The lowest BCUT2D eigenvalue weighted by Gasteiger charge is -2.46. The predicted molar refractivity (Wildman–Crippen MR) is 98.6 cm³/mol. The van der Waals surface area contributed by atoms with Gasteiger partial charge in [0.2, 0.25) is 11.8 Å². The molecule has 2 aliphatic rings. The molecule has 4 heterocycles. The summed E-state index contributed by atoms with van der Waals surface area (Å²) in [5.41, 5.74) is 1.78. The molecule has 2 aromatic rings. The minimum atomic E-state index is -0.596. The van der Waals surface area contributed by atoms with Crippen molar-refractivity contribution in [2.45, 2.75) is 31.7 Å². The molecule has 1 saturated heterocycles. The number of carbonyl (C=O) groups excluding carboxylic acids is 2. The third-order valence-electron chi connectivity index (χ3n) is 5.76. The van der Waals surface area contributed by atoms with Gasteiger partial charge in [-0.3, -0.25) is 19.0 Å². The number of amides is 2. The van der Waals surface area contributed by atoms with Gasteiger partial charge in [0.25, 0.3) is 5.56 Å². The molecule has 2 aliphatic heterocycles. The monoisotopic (exact) mass is 385 g/mol. The Balaban J connectivity index is 1.67. The van der Waals surface area contributed by atoms with Crippen LogP contribution in [0.2, 0.25) is 0 Å². The maximum Gasteiger partial charge on any atom is 0.251 e. The van der Waals surface area contributed by atoms with Gasteiger partial charge in [0.15, 0.2) is 0 Å². The number of fused-ring (bicyclic) bond motifs is 4. The highest BCUT2D eigenvalue weighted by atomic mass is 16.6. The predicted octanol–water partition coefficient (Wildman–Crippen LogP) is 0.357. The van der Waals surface area contributed by atoms with E-state index in [9.17, 15) is 14.4 Å². The summed E-state index contributed by atoms with van der Waals surface area (Å²) in [4.78, 5) is 41.7. The molecule has 3 atom stereocenters. The molecule has 0 N–H and O–H groups in total. The fourth-order valence-electron chi connectivity index (χ4n) is 4.38. The van der Waals surface area contributed by atoms with Crippen LogP contribution in [0.1, 0.15) is 35.5 Å². The van der Waals surface area contributed by atoms with E-state index in [0.29, 0.717) is 24.5 Å². The van der Waals surface area contributed by atoms with Crippen molar-refractivity contribution < 1.29 is 14.2 Å². The van der Waals surface area contributed by atoms with E-state index in [2.05, 4.69) is 14.9 Å². The van der Waals surface area contributed by atoms with Crippen molar-refractivity contribution in [1.82, 2.24) is 24.7 Å². The van der Waals surface area contributed by atoms with Gasteiger partial charge in [0.1, 0.15) is 17.4 Å². The molecule has 148 valence electrons. The van der Waals surface area contributed by atoms with E-state index in [1.54, 1.807) is 36.6 Å². The second-order valence-corrected chi connectivity index (χ2v) is 7.80. The molecule has 2 amide bonds. The summed E-state index contributed by atoms with van der Waals surface area (Å²) in [5.74, 6) is -0.277. The van der Waals surface area contributed by atoms with Crippen LogP contribution in [0.15, 0.2) is 27.6 Å². The van der Waals surface area contributed by atoms with Gasteiger partial charge in [-0.05, 0) is 19.4 Å². The maximum absolute atomic E-state index is 12.9. The smallest absolute Gasteiger partial charge is 0.251 e. The van der Waals surface area contributed by atoms with E-state index in [1.807, 2.05) is 6.07 Å². The zero-order valence-electron chi connectivity index (χ0n) is 16.2. The molecule has 2 bridgehead atoms. The number of nitrogens with zero attached hydrogens (tertiary/aromatic N) is 5. The summed E-state index contributed by atoms with van der Waals surface area (Å²) in [5, 5.41) is 7.52. The average Bonchev–Trinajstić information content (AvgIpc) is 3.06. The van der Waals surface area contributed by atoms with Crippen LogP contribution < -0.4 is 5.56 Å². The minimum absolute atomic E-state index is 0.0272. The number of hydrogen-bond donors (Lipinski definition) is 0. The average molecular weight is 385 g/mol. The van der Waals surface area contributed by atoms with Crippen LogP contribution in [0.25, 0.3) is 0 Å². The van der Waals surface area contributed by atoms with Gasteiger partial charge in [-0.2, -0.15) is 0 Å². The Kier molecular flexibility index (Phi) is 4.52. The first-order chi connectivity index (χ1) is 13.4. The van der Waals surface area contributed by atoms with E-state index in [1.165, 1.54) is 11.0 Å². The maximum atomic E-state index is 12.9. The normalized spacial score (nSPS) is 23.2. The minimum Gasteiger partial charge on any atom is -0.347 e. The van der Waals surface area contributed by atoms with Gasteiger partial charge in [-0.1, -0.05) is 16.4 Å². The van der Waals surface area contributed by atoms with Gasteiger partial charge in [0.05, 0.1) is 6.42 Å². The Labute approximate surface area is 161 Å². The summed E-state index contributed by atoms with van der Waals surface area (Å²) in [7, 11) is 3.38. The second-order valence-electron chi connectivity index (χ2n) is 7.80. The number of carbonyl (C=O) groups is 2. The van der Waals surface area contributed by atoms with Crippen molar-refractivity contribution >= 4 is 11.8 Å². The molecule has 0 spiro atoms. The Morgan fingerprint density at radius 1 is 1.25 bits per heavy atom. The Hall–Kier alpha value is -2.97. The molecule has 9 heteroatoms. The van der Waals surface area contributed by atoms with E-state index in [0.717, 1.165) is 12.1 Å². The van der Waals surface area contributed by atoms with Gasteiger partial charge < -0.3 is 9.80 Å². The number of likely N-dealkylation sites (N-methyl/N-ethyl adjacent to an activating group) is 1. The fraction of sp³-hybridized carbons (Fsp3) is 0.526. The van der Waals surface area contributed by atoms with Crippen LogP contribution in [-0.4, -0.2) is 63.7 Å². The molecule has 0 aliphatic carbocycles. The van der Waals surface area contributed by atoms with Gasteiger partial charge in [-0.25, -0.2) is 4.63 Å². The summed E-state index contributed by atoms with van der Waals surface area (Å²) < 4.78 is 6.32. The number of rotatable bonds is 3. The van der Waals surface area contributed by atoms with Crippen molar-refractivity contribution in [3.8, 4) is 0 Å². The zero-order chi connectivity index (χ0) is 20.0. The number of piperidine rings is 1. The van der Waals surface area contributed by atoms with Crippen molar-refractivity contribution in [2.24, 2.45) is 5.92 Å². The van der Waals surface area contributed by atoms with E-state index < -0.39 is 6.04 Å². The first kappa shape index (κ1) is 18.4. The third kappa shape index (κ3) is 3.00. The number of pyridine rings is 1. The summed E-state index contributed by atoms with van der Waals surface area (Å²) >= 11 is 0. The standard InChI is InChI=1S/C19H23N5O4/c1-11-14(21-28-20-11)8-17(26)23-9-12-7-13(10-23)18(19(27)22(2)3)24-15(12)5-4-6-16(24)25/h4-6,12-13,18H,7-10H2,1-3H3/t12-,13+,18-/m1/s1. The molecule has 0 radical (unpaired) electrons. The van der Waals surface area contributed by atoms with Crippen LogP contribution in [0.4, 0.5) is 0 Å². The van der Waals surface area contributed by atoms with Crippen molar-refractivity contribution in [3.05, 3.63) is 45.6 Å². The van der Waals surface area contributed by atoms with Crippen LogP contribution in [-0.2, 0) is 16.0 Å². The first-order valence-electron chi connectivity index (χ1n) is 9.35. The van der Waals surface area contributed by atoms with E-state index in [4.69, 9.17) is 0 Å². The molecule has 28 heavy (non-hydrogen) atoms. The van der Waals surface area contributed by atoms with Gasteiger partial charge >= 0.3 is 0 Å². The molecule has 9 nitrogen and oxygen atoms in total. The Bertz CT molecular complexity index is 979. The lowest BCUT2D eigenvalue weighted by atomic mass is 9.78. The van der Waals surface area contributed by atoms with Gasteiger partial charge in [-0.15, -0.1) is 0 Å². The molecule has 4 rings (SSSR count). The number of aryl methyl sites for hydroxylation is 1. The summed E-state index contributed by atoms with van der Waals surface area (Å²) in [6.45, 7) is 2.70. The highest BCUT2D eigenvalue weighted by Gasteiger charge is 2.45. The van der Waals surface area contributed by atoms with Crippen molar-refractivity contribution in [1.29, 1.82) is 0 Å². The van der Waals surface area contributed by atoms with E-state index in [-0.39, 0.29) is 35.6 Å². The topological polar surface area (TPSA) is 102 Å². The number of aromatic nitrogens is 3. The van der Waals surface area contributed by atoms with Crippen LogP contribution in [0, 0.1) is 12.8 Å².